The number of furan rings is 1. The second-order valence-corrected chi connectivity index (χ2v) is 5.38. The number of thioether (sulfide) groups is 1. The fourth-order valence-corrected chi connectivity index (χ4v) is 2.62. The molecule has 1 aliphatic rings. The highest BCUT2D eigenvalue weighted by atomic mass is 32.2. The van der Waals surface area contributed by atoms with Crippen molar-refractivity contribution in [1.29, 1.82) is 5.41 Å². The van der Waals surface area contributed by atoms with Crippen LogP contribution in [-0.2, 0) is 4.79 Å². The first-order valence-corrected chi connectivity index (χ1v) is 7.01. The average molecular weight is 300 g/mol. The first kappa shape index (κ1) is 13.5. The van der Waals surface area contributed by atoms with Gasteiger partial charge in [0.15, 0.2) is 5.17 Å². The molecule has 5 nitrogen and oxygen atoms in total. The summed E-state index contributed by atoms with van der Waals surface area (Å²) < 4.78 is 10.9. The molecule has 0 spiro atoms. The molecule has 1 aromatic heterocycles. The van der Waals surface area contributed by atoms with Crippen LogP contribution in [0.15, 0.2) is 45.7 Å². The van der Waals surface area contributed by atoms with Crippen molar-refractivity contribution >= 4 is 28.9 Å². The molecule has 3 rings (SSSR count). The van der Waals surface area contributed by atoms with Crippen molar-refractivity contribution in [2.75, 3.05) is 7.11 Å². The summed E-state index contributed by atoms with van der Waals surface area (Å²) in [6.45, 7) is 0. The highest BCUT2D eigenvalue weighted by Gasteiger charge is 2.22. The molecule has 0 unspecified atom stereocenters. The minimum Gasteiger partial charge on any atom is -0.497 e. The molecular weight excluding hydrogens is 288 g/mol. The maximum absolute atomic E-state index is 11.6. The smallest absolute Gasteiger partial charge is 0.264 e. The first-order chi connectivity index (χ1) is 10.2. The number of rotatable bonds is 3. The number of amidine groups is 1. The van der Waals surface area contributed by atoms with Gasteiger partial charge in [0.1, 0.15) is 17.3 Å². The van der Waals surface area contributed by atoms with Crippen LogP contribution in [0, 0.1) is 5.41 Å². The Kier molecular flexibility index (Phi) is 3.53. The average Bonchev–Trinajstić information content (AvgIpc) is 3.06. The molecule has 2 heterocycles. The van der Waals surface area contributed by atoms with Crippen molar-refractivity contribution in [2.24, 2.45) is 0 Å². The largest absolute Gasteiger partial charge is 0.497 e. The Morgan fingerprint density at radius 2 is 2.19 bits per heavy atom. The number of methoxy groups -OCH3 is 1. The molecule has 0 saturated carbocycles. The summed E-state index contributed by atoms with van der Waals surface area (Å²) >= 11 is 1.08. The second-order valence-electron chi connectivity index (χ2n) is 4.33. The second kappa shape index (κ2) is 5.49. The third-order valence-corrected chi connectivity index (χ3v) is 3.75. The summed E-state index contributed by atoms with van der Waals surface area (Å²) in [5.74, 6) is 1.74. The zero-order chi connectivity index (χ0) is 14.8. The lowest BCUT2D eigenvalue weighted by Crippen LogP contribution is -2.18. The van der Waals surface area contributed by atoms with E-state index in [0.717, 1.165) is 23.1 Å². The zero-order valence-corrected chi connectivity index (χ0v) is 12.0. The van der Waals surface area contributed by atoms with E-state index in [0.29, 0.717) is 16.4 Å². The van der Waals surface area contributed by atoms with Crippen molar-refractivity contribution in [3.05, 3.63) is 47.1 Å². The number of benzene rings is 1. The van der Waals surface area contributed by atoms with Gasteiger partial charge in [0, 0.05) is 11.6 Å². The Balaban J connectivity index is 1.88. The number of hydrogen-bond acceptors (Lipinski definition) is 5. The molecule has 0 radical (unpaired) electrons. The van der Waals surface area contributed by atoms with Gasteiger partial charge in [0.25, 0.3) is 5.91 Å². The summed E-state index contributed by atoms with van der Waals surface area (Å²) in [4.78, 5) is 12.0. The van der Waals surface area contributed by atoms with E-state index in [1.165, 1.54) is 0 Å². The van der Waals surface area contributed by atoms with E-state index in [9.17, 15) is 4.79 Å². The maximum atomic E-state index is 11.6. The minimum atomic E-state index is -0.274. The molecule has 0 bridgehead atoms. The predicted molar refractivity (Wildman–Crippen MR) is 82.1 cm³/mol. The number of hydrogen-bond donors (Lipinski definition) is 2. The molecule has 0 atom stereocenters. The van der Waals surface area contributed by atoms with E-state index >= 15 is 0 Å². The summed E-state index contributed by atoms with van der Waals surface area (Å²) in [5, 5.41) is 9.96. The minimum absolute atomic E-state index is 0.130. The van der Waals surface area contributed by atoms with Gasteiger partial charge in [-0.25, -0.2) is 0 Å². The van der Waals surface area contributed by atoms with Crippen LogP contribution < -0.4 is 10.1 Å². The van der Waals surface area contributed by atoms with Crippen molar-refractivity contribution in [3.8, 4) is 17.1 Å². The Hall–Kier alpha value is -2.47. The van der Waals surface area contributed by atoms with Gasteiger partial charge in [-0.05, 0) is 36.0 Å². The molecule has 21 heavy (non-hydrogen) atoms. The van der Waals surface area contributed by atoms with E-state index in [4.69, 9.17) is 14.6 Å². The van der Waals surface area contributed by atoms with Gasteiger partial charge < -0.3 is 14.5 Å². The van der Waals surface area contributed by atoms with Gasteiger partial charge in [-0.3, -0.25) is 10.2 Å². The van der Waals surface area contributed by atoms with E-state index < -0.39 is 0 Å². The quantitative estimate of drug-likeness (QED) is 0.854. The third-order valence-electron chi connectivity index (χ3n) is 2.92. The van der Waals surface area contributed by atoms with Crippen LogP contribution in [0.2, 0.25) is 0 Å². The first-order valence-electron chi connectivity index (χ1n) is 6.19. The summed E-state index contributed by atoms with van der Waals surface area (Å²) in [5.41, 5.74) is 0.898. The zero-order valence-electron chi connectivity index (χ0n) is 11.2. The molecule has 1 amide bonds. The molecule has 106 valence electrons. The predicted octanol–water partition coefficient (Wildman–Crippen LogP) is 3.09. The molecule has 6 heteroatoms. The number of amides is 1. The van der Waals surface area contributed by atoms with Crippen LogP contribution in [0.4, 0.5) is 0 Å². The highest BCUT2D eigenvalue weighted by Crippen LogP contribution is 2.29. The van der Waals surface area contributed by atoms with Gasteiger partial charge in [0.2, 0.25) is 0 Å². The lowest BCUT2D eigenvalue weighted by atomic mass is 10.2. The van der Waals surface area contributed by atoms with Gasteiger partial charge in [-0.1, -0.05) is 12.1 Å². The van der Waals surface area contributed by atoms with E-state index in [2.05, 4.69) is 5.32 Å². The van der Waals surface area contributed by atoms with Crippen molar-refractivity contribution < 1.29 is 13.9 Å². The molecule has 1 fully saturated rings. The molecule has 2 aromatic rings. The van der Waals surface area contributed by atoms with Gasteiger partial charge in [-0.15, -0.1) is 0 Å². The Morgan fingerprint density at radius 1 is 1.33 bits per heavy atom. The number of carbonyl (C=O) groups is 1. The van der Waals surface area contributed by atoms with E-state index in [-0.39, 0.29) is 11.1 Å². The Morgan fingerprint density at radius 3 is 2.90 bits per heavy atom. The maximum Gasteiger partial charge on any atom is 0.264 e. The van der Waals surface area contributed by atoms with Crippen molar-refractivity contribution in [2.45, 2.75) is 0 Å². The van der Waals surface area contributed by atoms with Crippen molar-refractivity contribution in [1.82, 2.24) is 5.32 Å². The summed E-state index contributed by atoms with van der Waals surface area (Å²) in [6, 6.07) is 11.2. The summed E-state index contributed by atoms with van der Waals surface area (Å²) in [6.07, 6.45) is 1.63. The third kappa shape index (κ3) is 2.85. The number of nitrogens with one attached hydrogen (secondary N) is 2. The standard InChI is InChI=1S/C15H12N2O3S/c1-19-10-4-2-3-9(7-10)12-6-5-11(20-12)8-13-14(18)17-15(16)21-13/h2-8H,1H3,(H2,16,17,18). The lowest BCUT2D eigenvalue weighted by Gasteiger charge is -2.01. The van der Waals surface area contributed by atoms with Crippen LogP contribution in [0.25, 0.3) is 17.4 Å². The van der Waals surface area contributed by atoms with Crippen LogP contribution in [0.1, 0.15) is 5.76 Å². The molecule has 1 aliphatic heterocycles. The number of carbonyl (C=O) groups excluding carboxylic acids is 1. The fraction of sp³-hybridized carbons (Fsp3) is 0.0667. The molecular formula is C15H12N2O3S. The van der Waals surface area contributed by atoms with Crippen molar-refractivity contribution in [3.63, 3.8) is 0 Å². The molecule has 0 aliphatic carbocycles. The normalized spacial score (nSPS) is 16.3. The molecule has 1 aromatic carbocycles. The van der Waals surface area contributed by atoms with Gasteiger partial charge >= 0.3 is 0 Å². The Labute approximate surface area is 125 Å². The van der Waals surface area contributed by atoms with Gasteiger partial charge in [-0.2, -0.15) is 0 Å². The topological polar surface area (TPSA) is 75.3 Å². The summed E-state index contributed by atoms with van der Waals surface area (Å²) in [7, 11) is 1.61. The lowest BCUT2D eigenvalue weighted by molar-refractivity contribution is -0.115. The highest BCUT2D eigenvalue weighted by molar-refractivity contribution is 8.18. The van der Waals surface area contributed by atoms with Crippen LogP contribution in [0.5, 0.6) is 5.75 Å². The Bertz CT molecular complexity index is 749. The SMILES string of the molecule is COc1cccc(-c2ccc(C=C3SC(=N)NC3=O)o2)c1. The van der Waals surface area contributed by atoms with Crippen LogP contribution in [0.3, 0.4) is 0 Å². The molecule has 1 saturated heterocycles. The number of ether oxygens (including phenoxy) is 1. The van der Waals surface area contributed by atoms with E-state index in [1.54, 1.807) is 19.3 Å². The van der Waals surface area contributed by atoms with Gasteiger partial charge in [0.05, 0.1) is 12.0 Å². The monoisotopic (exact) mass is 300 g/mol. The fourth-order valence-electron chi connectivity index (χ4n) is 1.93. The van der Waals surface area contributed by atoms with Crippen LogP contribution in [-0.4, -0.2) is 18.2 Å². The molecule has 2 N–H and O–H groups in total. The van der Waals surface area contributed by atoms with E-state index in [1.807, 2.05) is 30.3 Å². The van der Waals surface area contributed by atoms with Crippen LogP contribution >= 0.6 is 11.8 Å².